The van der Waals surface area contributed by atoms with Crippen molar-refractivity contribution in [3.63, 3.8) is 0 Å². The molecule has 0 heterocycles. The van der Waals surface area contributed by atoms with Crippen LogP contribution in [0, 0.1) is 28.6 Å². The molecule has 0 radical (unpaired) electrons. The summed E-state index contributed by atoms with van der Waals surface area (Å²) in [5, 5.41) is 16.5. The van der Waals surface area contributed by atoms with Crippen molar-refractivity contribution >= 4 is 5.97 Å². The predicted octanol–water partition coefficient (Wildman–Crippen LogP) is 0.603. The molecule has 0 fully saturated rings. The van der Waals surface area contributed by atoms with Crippen LogP contribution in [-0.4, -0.2) is 12.6 Å². The molecule has 0 aliphatic carbocycles. The van der Waals surface area contributed by atoms with Gasteiger partial charge in [0.25, 0.3) is 0 Å². The lowest BCUT2D eigenvalue weighted by Gasteiger charge is -2.02. The molecule has 0 N–H and O–H groups in total. The van der Waals surface area contributed by atoms with Gasteiger partial charge in [-0.3, -0.25) is 4.79 Å². The number of carbonyl (C=O) groups excluding carboxylic acids is 1. The molecule has 11 heavy (non-hydrogen) atoms. The van der Waals surface area contributed by atoms with Crippen molar-refractivity contribution in [2.45, 2.75) is 13.3 Å². The van der Waals surface area contributed by atoms with Gasteiger partial charge in [-0.1, -0.05) is 0 Å². The van der Waals surface area contributed by atoms with E-state index in [2.05, 4.69) is 4.74 Å². The zero-order valence-corrected chi connectivity index (χ0v) is 6.20. The Kier molecular flexibility index (Phi) is 4.51. The summed E-state index contributed by atoms with van der Waals surface area (Å²) in [6.45, 7) is 1.89. The number of nitrogens with zero attached hydrogens (tertiary/aromatic N) is 2. The molecule has 0 rings (SSSR count). The Bertz CT molecular complexity index is 211. The van der Waals surface area contributed by atoms with Crippen LogP contribution >= 0.6 is 0 Å². The summed E-state index contributed by atoms with van der Waals surface area (Å²) < 4.78 is 4.53. The molecule has 1 atom stereocenters. The van der Waals surface area contributed by atoms with Gasteiger partial charge in [0.2, 0.25) is 0 Å². The molecular weight excluding hydrogens is 148 g/mol. The van der Waals surface area contributed by atoms with Gasteiger partial charge in [-0.15, -0.1) is 0 Å². The second kappa shape index (κ2) is 5.25. The molecule has 0 aliphatic heterocycles. The molecule has 4 heteroatoms. The highest BCUT2D eigenvalue weighted by atomic mass is 16.5. The predicted molar refractivity (Wildman–Crippen MR) is 36.0 cm³/mol. The van der Waals surface area contributed by atoms with Gasteiger partial charge >= 0.3 is 5.97 Å². The number of esters is 1. The Morgan fingerprint density at radius 3 is 2.64 bits per heavy atom. The SMILES string of the molecule is CCOC(=O)C(C[13C]#[15N])[13C]#[15N]. The third-order valence-corrected chi connectivity index (χ3v) is 1.02. The Morgan fingerprint density at radius 2 is 2.27 bits per heavy atom. The summed E-state index contributed by atoms with van der Waals surface area (Å²) in [4.78, 5) is 10.8. The molecule has 1 unspecified atom stereocenters. The maximum atomic E-state index is 10.8. The van der Waals surface area contributed by atoms with Crippen LogP contribution in [0.5, 0.6) is 0 Å². The first-order valence-electron chi connectivity index (χ1n) is 3.19. The van der Waals surface area contributed by atoms with Crippen LogP contribution in [-0.2, 0) is 9.53 Å². The fraction of sp³-hybridized carbons (Fsp3) is 0.571. The number of rotatable bonds is 3. The fourth-order valence-electron chi connectivity index (χ4n) is 0.516. The highest BCUT2D eigenvalue weighted by Gasteiger charge is 2.17. The van der Waals surface area contributed by atoms with Gasteiger partial charge < -0.3 is 4.74 Å². The fourth-order valence-corrected chi connectivity index (χ4v) is 0.516. The monoisotopic (exact) mass is 156 g/mol. The van der Waals surface area contributed by atoms with Crippen molar-refractivity contribution in [2.24, 2.45) is 5.92 Å². The second-order valence-electron chi connectivity index (χ2n) is 1.80. The Hall–Kier alpha value is -1.55. The first kappa shape index (κ1) is 9.45. The minimum absolute atomic E-state index is 0.102. The first-order chi connectivity index (χ1) is 5.26. The van der Waals surface area contributed by atoms with E-state index < -0.39 is 11.9 Å². The number of hydrogen-bond donors (Lipinski definition) is 0. The maximum Gasteiger partial charge on any atom is 0.324 e. The number of ether oxygens (including phenoxy) is 1. The molecule has 0 bridgehead atoms. The molecule has 0 aromatic rings. The van der Waals surface area contributed by atoms with Gasteiger partial charge in [0.05, 0.1) is 25.2 Å². The van der Waals surface area contributed by atoms with E-state index in [0.29, 0.717) is 0 Å². The first-order valence-corrected chi connectivity index (χ1v) is 3.19. The molecule has 0 aromatic carbocycles. The molecule has 0 saturated heterocycles. The highest BCUT2D eigenvalue weighted by molar-refractivity contribution is 5.75. The smallest absolute Gasteiger partial charge is 0.324 e. The van der Waals surface area contributed by atoms with E-state index in [1.54, 1.807) is 19.1 Å². The highest BCUT2D eigenvalue weighted by Crippen LogP contribution is 2.02. The summed E-state index contributed by atoms with van der Waals surface area (Å²) in [6, 6.07) is 3.43. The molecular formula is C7H8N2O2. The number of hydrogen-bond acceptors (Lipinski definition) is 4. The molecule has 0 spiro atoms. The van der Waals surface area contributed by atoms with E-state index >= 15 is 0 Å². The summed E-state index contributed by atoms with van der Waals surface area (Å²) in [5.74, 6) is -1.54. The van der Waals surface area contributed by atoms with Gasteiger partial charge in [-0.25, -0.2) is 0 Å². The zero-order valence-electron chi connectivity index (χ0n) is 6.20. The van der Waals surface area contributed by atoms with Crippen LogP contribution in [0.25, 0.3) is 0 Å². The van der Waals surface area contributed by atoms with Crippen LogP contribution in [0.2, 0.25) is 0 Å². The zero-order chi connectivity index (χ0) is 8.69. The van der Waals surface area contributed by atoms with Crippen molar-refractivity contribution in [3.05, 3.63) is 0 Å². The molecule has 58 valence electrons. The lowest BCUT2D eigenvalue weighted by atomic mass is 10.2. The average molecular weight is 156 g/mol. The van der Waals surface area contributed by atoms with E-state index in [1.165, 1.54) is 0 Å². The Morgan fingerprint density at radius 1 is 1.64 bits per heavy atom. The standard InChI is InChI=1S/C7H8N2O2/c1-2-11-7(10)6(5-9)3-4-8/h6H,2-3H2,1H3/i4+1,5+1,8+1,9+1. The molecule has 0 aliphatic rings. The molecule has 0 saturated carbocycles. The van der Waals surface area contributed by atoms with Crippen molar-refractivity contribution in [3.8, 4) is 12.1 Å². The summed E-state index contributed by atoms with van der Waals surface area (Å²) in [6.07, 6.45) is -0.102. The van der Waals surface area contributed by atoms with Gasteiger partial charge in [0.15, 0.2) is 5.92 Å². The van der Waals surface area contributed by atoms with Crippen LogP contribution in [0.4, 0.5) is 0 Å². The van der Waals surface area contributed by atoms with Crippen molar-refractivity contribution < 1.29 is 9.53 Å². The van der Waals surface area contributed by atoms with E-state index in [0.717, 1.165) is 0 Å². The summed E-state index contributed by atoms with van der Waals surface area (Å²) in [7, 11) is 0. The quantitative estimate of drug-likeness (QED) is 0.340. The van der Waals surface area contributed by atoms with E-state index in [-0.39, 0.29) is 13.0 Å². The number of carbonyl (C=O) groups is 1. The number of nitriles is 2. The summed E-state index contributed by atoms with van der Waals surface area (Å²) >= 11 is 0. The summed E-state index contributed by atoms with van der Waals surface area (Å²) in [5.41, 5.74) is 0. The molecule has 0 amide bonds. The molecule has 4 nitrogen and oxygen atoms in total. The second-order valence-corrected chi connectivity index (χ2v) is 1.80. The maximum absolute atomic E-state index is 10.8. The third kappa shape index (κ3) is 3.22. The lowest BCUT2D eigenvalue weighted by molar-refractivity contribution is -0.145. The van der Waals surface area contributed by atoms with Gasteiger partial charge in [0.1, 0.15) is 0 Å². The average Bonchev–Trinajstić information content (AvgIpc) is 2.00. The van der Waals surface area contributed by atoms with Crippen molar-refractivity contribution in [1.82, 2.24) is 0 Å². The van der Waals surface area contributed by atoms with Crippen molar-refractivity contribution in [2.75, 3.05) is 6.61 Å². The molecule has 0 aromatic heterocycles. The van der Waals surface area contributed by atoms with E-state index in [1.807, 2.05) is 0 Å². The van der Waals surface area contributed by atoms with E-state index in [9.17, 15) is 4.79 Å². The van der Waals surface area contributed by atoms with Gasteiger partial charge in [-0.2, -0.15) is 10.5 Å². The topological polar surface area (TPSA) is 73.9 Å². The van der Waals surface area contributed by atoms with Gasteiger partial charge in [-0.05, 0) is 6.92 Å². The van der Waals surface area contributed by atoms with Crippen LogP contribution in [0.1, 0.15) is 13.3 Å². The minimum Gasteiger partial charge on any atom is -0.465 e. The van der Waals surface area contributed by atoms with Crippen molar-refractivity contribution in [1.29, 1.82) is 10.5 Å². The van der Waals surface area contributed by atoms with Gasteiger partial charge in [0, 0.05) is 0 Å². The third-order valence-electron chi connectivity index (χ3n) is 1.02. The normalized spacial score (nSPS) is 10.8. The largest absolute Gasteiger partial charge is 0.465 e. The Labute approximate surface area is 65.0 Å². The minimum atomic E-state index is -0.931. The van der Waals surface area contributed by atoms with E-state index in [4.69, 9.17) is 10.5 Å². The lowest BCUT2D eigenvalue weighted by Crippen LogP contribution is -2.15. The van der Waals surface area contributed by atoms with Crippen LogP contribution in [0.3, 0.4) is 0 Å². The Balaban J connectivity index is 3.97. The van der Waals surface area contributed by atoms with Crippen LogP contribution in [0.15, 0.2) is 0 Å². The van der Waals surface area contributed by atoms with Crippen LogP contribution < -0.4 is 0 Å².